The Kier molecular flexibility index (Phi) is 5.35. The number of carboxylic acid groups (broad SMARTS) is 1. The highest BCUT2D eigenvalue weighted by molar-refractivity contribution is 9.10. The summed E-state index contributed by atoms with van der Waals surface area (Å²) in [5.74, 6) is -1.71. The lowest BCUT2D eigenvalue weighted by molar-refractivity contribution is -0.384. The number of non-ortho nitro benzene ring substituents is 1. The largest absolute Gasteiger partial charge is 0.481 e. The number of hydrogen-bond acceptors (Lipinski definition) is 4. The number of nitro benzene ring substituents is 1. The van der Waals surface area contributed by atoms with Gasteiger partial charge in [-0.3, -0.25) is 19.7 Å². The van der Waals surface area contributed by atoms with Gasteiger partial charge in [0.1, 0.15) is 0 Å². The molecule has 0 spiro atoms. The Balaban J connectivity index is 2.09. The molecule has 23 heavy (non-hydrogen) atoms. The van der Waals surface area contributed by atoms with Crippen molar-refractivity contribution < 1.29 is 19.6 Å². The number of rotatable bonds is 7. The number of carboxylic acids is 1. The van der Waals surface area contributed by atoms with Gasteiger partial charge in [0, 0.05) is 29.2 Å². The summed E-state index contributed by atoms with van der Waals surface area (Å²) >= 11 is 3.25. The lowest BCUT2D eigenvalue weighted by Gasteiger charge is -2.24. The summed E-state index contributed by atoms with van der Waals surface area (Å²) < 4.78 is 0.502. The molecule has 0 heterocycles. The first-order valence-corrected chi connectivity index (χ1v) is 8.04. The molecule has 1 fully saturated rings. The van der Waals surface area contributed by atoms with E-state index < -0.39 is 16.8 Å². The molecule has 2 rings (SSSR count). The van der Waals surface area contributed by atoms with Crippen LogP contribution in [0.1, 0.15) is 25.3 Å². The van der Waals surface area contributed by atoms with E-state index in [1.807, 2.05) is 0 Å². The molecular weight excluding hydrogens is 368 g/mol. The predicted octanol–water partition coefficient (Wildman–Crippen LogP) is 2.61. The second kappa shape index (κ2) is 7.08. The van der Waals surface area contributed by atoms with Gasteiger partial charge in [-0.25, -0.2) is 0 Å². The molecule has 1 aromatic carbocycles. The fraction of sp³-hybridized carbons (Fsp3) is 0.467. The zero-order valence-corrected chi connectivity index (χ0v) is 14.2. The highest BCUT2D eigenvalue weighted by Gasteiger charge is 2.34. The van der Waals surface area contributed by atoms with Crippen LogP contribution >= 0.6 is 15.9 Å². The lowest BCUT2D eigenvalue weighted by atomic mass is 10.1. The van der Waals surface area contributed by atoms with Crippen LogP contribution in [0.5, 0.6) is 0 Å². The molecule has 1 aliphatic carbocycles. The highest BCUT2D eigenvalue weighted by atomic mass is 79.9. The monoisotopic (exact) mass is 384 g/mol. The molecule has 7 nitrogen and oxygen atoms in total. The summed E-state index contributed by atoms with van der Waals surface area (Å²) in [6, 6.07) is 4.38. The maximum atomic E-state index is 12.5. The van der Waals surface area contributed by atoms with Crippen molar-refractivity contribution >= 4 is 33.5 Å². The quantitative estimate of drug-likeness (QED) is 0.574. The van der Waals surface area contributed by atoms with Gasteiger partial charge in [0.15, 0.2) is 0 Å². The molecule has 1 aliphatic rings. The van der Waals surface area contributed by atoms with E-state index in [0.29, 0.717) is 10.0 Å². The first-order valence-electron chi connectivity index (χ1n) is 7.24. The van der Waals surface area contributed by atoms with Crippen LogP contribution in [0.2, 0.25) is 0 Å². The predicted molar refractivity (Wildman–Crippen MR) is 86.0 cm³/mol. The number of carbonyl (C=O) groups is 2. The number of hydrogen-bond donors (Lipinski definition) is 1. The lowest BCUT2D eigenvalue weighted by Crippen LogP contribution is -2.39. The first-order chi connectivity index (χ1) is 10.8. The van der Waals surface area contributed by atoms with Crippen molar-refractivity contribution in [1.29, 1.82) is 0 Å². The molecule has 0 bridgehead atoms. The van der Waals surface area contributed by atoms with Gasteiger partial charge in [0.05, 0.1) is 17.3 Å². The van der Waals surface area contributed by atoms with Gasteiger partial charge >= 0.3 is 5.97 Å². The maximum Gasteiger partial charge on any atom is 0.308 e. The molecule has 1 unspecified atom stereocenters. The van der Waals surface area contributed by atoms with Crippen molar-refractivity contribution in [3.8, 4) is 0 Å². The summed E-state index contributed by atoms with van der Waals surface area (Å²) in [6.07, 6.45) is 1.86. The molecule has 0 aromatic heterocycles. The zero-order valence-electron chi connectivity index (χ0n) is 12.6. The van der Waals surface area contributed by atoms with Crippen molar-refractivity contribution in [2.75, 3.05) is 6.54 Å². The van der Waals surface area contributed by atoms with Crippen molar-refractivity contribution in [3.05, 3.63) is 38.3 Å². The second-order valence-corrected chi connectivity index (χ2v) is 6.58. The number of benzene rings is 1. The number of nitrogens with zero attached hydrogens (tertiary/aromatic N) is 2. The van der Waals surface area contributed by atoms with Crippen LogP contribution in [-0.2, 0) is 16.0 Å². The average molecular weight is 385 g/mol. The van der Waals surface area contributed by atoms with Crippen LogP contribution in [0.4, 0.5) is 5.69 Å². The molecule has 0 radical (unpaired) electrons. The Morgan fingerprint density at radius 2 is 2.13 bits per heavy atom. The fourth-order valence-electron chi connectivity index (χ4n) is 2.27. The number of nitro groups is 1. The smallest absolute Gasteiger partial charge is 0.308 e. The Morgan fingerprint density at radius 1 is 1.48 bits per heavy atom. The van der Waals surface area contributed by atoms with Gasteiger partial charge in [0.2, 0.25) is 5.91 Å². The van der Waals surface area contributed by atoms with E-state index in [1.54, 1.807) is 17.9 Å². The van der Waals surface area contributed by atoms with E-state index in [-0.39, 0.29) is 30.6 Å². The number of halogens is 1. The van der Waals surface area contributed by atoms with Gasteiger partial charge in [-0.1, -0.05) is 28.9 Å². The Morgan fingerprint density at radius 3 is 2.61 bits per heavy atom. The maximum absolute atomic E-state index is 12.5. The third-order valence-corrected chi connectivity index (χ3v) is 4.53. The van der Waals surface area contributed by atoms with Crippen LogP contribution in [-0.4, -0.2) is 39.4 Å². The minimum absolute atomic E-state index is 0.0494. The summed E-state index contributed by atoms with van der Waals surface area (Å²) in [7, 11) is 0. The van der Waals surface area contributed by atoms with Crippen molar-refractivity contribution in [1.82, 2.24) is 4.90 Å². The Bertz CT molecular complexity index is 645. The van der Waals surface area contributed by atoms with Gasteiger partial charge in [-0.15, -0.1) is 0 Å². The van der Waals surface area contributed by atoms with E-state index in [2.05, 4.69) is 15.9 Å². The van der Waals surface area contributed by atoms with E-state index >= 15 is 0 Å². The molecule has 1 aromatic rings. The third-order valence-electron chi connectivity index (χ3n) is 3.79. The molecule has 1 N–H and O–H groups in total. The number of carbonyl (C=O) groups excluding carboxylic acids is 1. The molecule has 8 heteroatoms. The van der Waals surface area contributed by atoms with Crippen molar-refractivity contribution in [2.45, 2.75) is 32.2 Å². The molecule has 0 aliphatic heterocycles. The average Bonchev–Trinajstić information content (AvgIpc) is 3.30. The van der Waals surface area contributed by atoms with Gasteiger partial charge in [0.25, 0.3) is 5.69 Å². The van der Waals surface area contributed by atoms with Crippen LogP contribution in [0.25, 0.3) is 0 Å². The highest BCUT2D eigenvalue weighted by Crippen LogP contribution is 2.29. The molecule has 1 amide bonds. The summed E-state index contributed by atoms with van der Waals surface area (Å²) in [6.45, 7) is 1.76. The fourth-order valence-corrected chi connectivity index (χ4v) is 2.78. The van der Waals surface area contributed by atoms with Gasteiger partial charge in [-0.2, -0.15) is 0 Å². The van der Waals surface area contributed by atoms with Gasteiger partial charge < -0.3 is 10.0 Å². The normalized spacial score (nSPS) is 15.0. The van der Waals surface area contributed by atoms with Crippen molar-refractivity contribution in [2.24, 2.45) is 5.92 Å². The second-order valence-electron chi connectivity index (χ2n) is 5.73. The zero-order chi connectivity index (χ0) is 17.1. The van der Waals surface area contributed by atoms with Gasteiger partial charge in [-0.05, 0) is 18.4 Å². The Labute approximate surface area is 141 Å². The number of aliphatic carboxylic acids is 1. The Hall–Kier alpha value is -1.96. The van der Waals surface area contributed by atoms with Crippen LogP contribution in [0, 0.1) is 16.0 Å². The minimum atomic E-state index is -0.931. The standard InChI is InChI=1S/C15H17BrN2O5/c1-9(15(20)21)8-17(11-4-5-11)14(19)6-10-2-3-12(18(22)23)7-13(10)16/h2-3,7,9,11H,4-6,8H2,1H3,(H,20,21). The van der Waals surface area contributed by atoms with E-state index in [4.69, 9.17) is 5.11 Å². The topological polar surface area (TPSA) is 101 Å². The summed E-state index contributed by atoms with van der Waals surface area (Å²) in [5, 5.41) is 19.8. The van der Waals surface area contributed by atoms with Crippen LogP contribution in [0.3, 0.4) is 0 Å². The van der Waals surface area contributed by atoms with E-state index in [0.717, 1.165) is 12.8 Å². The van der Waals surface area contributed by atoms with Crippen LogP contribution in [0.15, 0.2) is 22.7 Å². The molecule has 1 saturated carbocycles. The van der Waals surface area contributed by atoms with Crippen LogP contribution < -0.4 is 0 Å². The molecule has 0 saturated heterocycles. The minimum Gasteiger partial charge on any atom is -0.481 e. The van der Waals surface area contributed by atoms with E-state index in [9.17, 15) is 19.7 Å². The third kappa shape index (κ3) is 4.51. The SMILES string of the molecule is CC(CN(C(=O)Cc1ccc([N+](=O)[O-])cc1Br)C1CC1)C(=O)O. The summed E-state index contributed by atoms with van der Waals surface area (Å²) in [4.78, 5) is 35.4. The first kappa shape index (κ1) is 17.4. The van der Waals surface area contributed by atoms with E-state index in [1.165, 1.54) is 12.1 Å². The molecule has 1 atom stereocenters. The summed E-state index contributed by atoms with van der Waals surface area (Å²) in [5.41, 5.74) is 0.598. The number of amides is 1. The van der Waals surface area contributed by atoms with Crippen molar-refractivity contribution in [3.63, 3.8) is 0 Å². The molecule has 124 valence electrons. The molecular formula is C15H17BrN2O5.